The van der Waals surface area contributed by atoms with Gasteiger partial charge in [0.15, 0.2) is 0 Å². The van der Waals surface area contributed by atoms with Crippen molar-refractivity contribution in [3.05, 3.63) is 21.4 Å². The van der Waals surface area contributed by atoms with Crippen LogP contribution in [-0.4, -0.2) is 38.4 Å². The van der Waals surface area contributed by atoms with Crippen LogP contribution in [0.2, 0.25) is 0 Å². The quantitative estimate of drug-likeness (QED) is 0.900. The molecule has 1 fully saturated rings. The smallest absolute Gasteiger partial charge is 0.261 e. The first-order valence-electron chi connectivity index (χ1n) is 6.42. The molecule has 2 aliphatic rings. The van der Waals surface area contributed by atoms with E-state index >= 15 is 0 Å². The van der Waals surface area contributed by atoms with Gasteiger partial charge in [-0.2, -0.15) is 0 Å². The van der Waals surface area contributed by atoms with Crippen molar-refractivity contribution in [1.29, 1.82) is 0 Å². The number of hydrogen-bond donors (Lipinski definition) is 1. The number of carbonyl (C=O) groups excluding carboxylic acids is 1. The van der Waals surface area contributed by atoms with E-state index in [4.69, 9.17) is 9.47 Å². The maximum atomic E-state index is 12.0. The number of nitrogens with one attached hydrogen (secondary N) is 1. The van der Waals surface area contributed by atoms with E-state index in [0.717, 1.165) is 17.7 Å². The highest BCUT2D eigenvalue weighted by Gasteiger charge is 2.20. The van der Waals surface area contributed by atoms with Gasteiger partial charge in [-0.25, -0.2) is 0 Å². The first-order chi connectivity index (χ1) is 8.83. The van der Waals surface area contributed by atoms with E-state index in [1.54, 1.807) is 11.3 Å². The molecule has 5 heteroatoms. The summed E-state index contributed by atoms with van der Waals surface area (Å²) in [4.78, 5) is 14.2. The molecule has 0 radical (unpaired) electrons. The van der Waals surface area contributed by atoms with E-state index in [9.17, 15) is 4.79 Å². The molecule has 0 spiro atoms. The molecule has 0 bridgehead atoms. The second-order valence-corrected chi connectivity index (χ2v) is 5.83. The standard InChI is InChI=1S/C13H17NO3S/c15-13(14-7-10-8-16-4-5-17-10)12-6-9-2-1-3-11(9)18-12/h6,10H,1-5,7-8H2,(H,14,15). The molecule has 1 aromatic rings. The Balaban J connectivity index is 1.54. The van der Waals surface area contributed by atoms with Gasteiger partial charge in [-0.05, 0) is 30.9 Å². The highest BCUT2D eigenvalue weighted by molar-refractivity contribution is 7.14. The van der Waals surface area contributed by atoms with Crippen LogP contribution < -0.4 is 5.32 Å². The summed E-state index contributed by atoms with van der Waals surface area (Å²) in [5.74, 6) is 0.0172. The minimum Gasteiger partial charge on any atom is -0.376 e. The fourth-order valence-corrected chi connectivity index (χ4v) is 3.56. The van der Waals surface area contributed by atoms with E-state index in [1.807, 2.05) is 6.07 Å². The highest BCUT2D eigenvalue weighted by Crippen LogP contribution is 2.30. The molecule has 3 rings (SSSR count). The zero-order valence-electron chi connectivity index (χ0n) is 10.2. The van der Waals surface area contributed by atoms with Gasteiger partial charge in [0.05, 0.1) is 30.8 Å². The van der Waals surface area contributed by atoms with Crippen LogP contribution in [-0.2, 0) is 22.3 Å². The number of ether oxygens (including phenoxy) is 2. The third-order valence-corrected chi connectivity index (χ3v) is 4.58. The van der Waals surface area contributed by atoms with Crippen LogP contribution in [0.1, 0.15) is 26.5 Å². The van der Waals surface area contributed by atoms with E-state index < -0.39 is 0 Å². The molecule has 98 valence electrons. The third-order valence-electron chi connectivity index (χ3n) is 3.35. The van der Waals surface area contributed by atoms with E-state index in [0.29, 0.717) is 26.4 Å². The Hall–Kier alpha value is -0.910. The molecule has 2 heterocycles. The average molecular weight is 267 g/mol. The maximum absolute atomic E-state index is 12.0. The summed E-state index contributed by atoms with van der Waals surface area (Å²) in [6.45, 7) is 2.37. The van der Waals surface area contributed by atoms with Crippen LogP contribution in [0, 0.1) is 0 Å². The molecule has 1 aromatic heterocycles. The predicted octanol–water partition coefficient (Wildman–Crippen LogP) is 1.38. The lowest BCUT2D eigenvalue weighted by Crippen LogP contribution is -2.39. The first-order valence-corrected chi connectivity index (χ1v) is 7.24. The topological polar surface area (TPSA) is 47.6 Å². The first kappa shape index (κ1) is 12.1. The summed E-state index contributed by atoms with van der Waals surface area (Å²) in [7, 11) is 0. The molecular weight excluding hydrogens is 250 g/mol. The second-order valence-electron chi connectivity index (χ2n) is 4.69. The largest absolute Gasteiger partial charge is 0.376 e. The van der Waals surface area contributed by atoms with Gasteiger partial charge in [0.1, 0.15) is 0 Å². The molecule has 0 saturated carbocycles. The number of aryl methyl sites for hydroxylation is 2. The van der Waals surface area contributed by atoms with Crippen LogP contribution in [0.25, 0.3) is 0 Å². The van der Waals surface area contributed by atoms with Gasteiger partial charge in [-0.3, -0.25) is 4.79 Å². The zero-order chi connectivity index (χ0) is 12.4. The zero-order valence-corrected chi connectivity index (χ0v) is 11.1. The van der Waals surface area contributed by atoms with Gasteiger partial charge in [0.2, 0.25) is 0 Å². The summed E-state index contributed by atoms with van der Waals surface area (Å²) < 4.78 is 10.8. The summed E-state index contributed by atoms with van der Waals surface area (Å²) in [5.41, 5.74) is 1.36. The van der Waals surface area contributed by atoms with E-state index in [2.05, 4.69) is 5.32 Å². The van der Waals surface area contributed by atoms with Crippen LogP contribution in [0.5, 0.6) is 0 Å². The number of rotatable bonds is 3. The van der Waals surface area contributed by atoms with E-state index in [-0.39, 0.29) is 12.0 Å². The maximum Gasteiger partial charge on any atom is 0.261 e. The van der Waals surface area contributed by atoms with Crippen LogP contribution in [0.15, 0.2) is 6.07 Å². The molecule has 1 N–H and O–H groups in total. The van der Waals surface area contributed by atoms with Crippen molar-refractivity contribution in [1.82, 2.24) is 5.32 Å². The number of hydrogen-bond acceptors (Lipinski definition) is 4. The van der Waals surface area contributed by atoms with Crippen molar-refractivity contribution in [3.8, 4) is 0 Å². The number of fused-ring (bicyclic) bond motifs is 1. The summed E-state index contributed by atoms with van der Waals surface area (Å²) in [6, 6.07) is 2.04. The highest BCUT2D eigenvalue weighted by atomic mass is 32.1. The average Bonchev–Trinajstić information content (AvgIpc) is 2.98. The van der Waals surface area contributed by atoms with Gasteiger partial charge in [-0.1, -0.05) is 0 Å². The molecular formula is C13H17NO3S. The summed E-state index contributed by atoms with van der Waals surface area (Å²) in [5, 5.41) is 2.92. The van der Waals surface area contributed by atoms with Gasteiger partial charge >= 0.3 is 0 Å². The van der Waals surface area contributed by atoms with Gasteiger partial charge < -0.3 is 14.8 Å². The fourth-order valence-electron chi connectivity index (χ4n) is 2.39. The van der Waals surface area contributed by atoms with Crippen molar-refractivity contribution in [2.24, 2.45) is 0 Å². The molecule has 1 aliphatic heterocycles. The van der Waals surface area contributed by atoms with E-state index in [1.165, 1.54) is 16.9 Å². The number of carbonyl (C=O) groups is 1. The van der Waals surface area contributed by atoms with Crippen molar-refractivity contribution in [2.75, 3.05) is 26.4 Å². The molecule has 1 amide bonds. The summed E-state index contributed by atoms with van der Waals surface area (Å²) in [6.07, 6.45) is 3.48. The van der Waals surface area contributed by atoms with Crippen molar-refractivity contribution >= 4 is 17.2 Å². The minimum atomic E-state index is -0.00508. The monoisotopic (exact) mass is 267 g/mol. The molecule has 18 heavy (non-hydrogen) atoms. The summed E-state index contributed by atoms with van der Waals surface area (Å²) >= 11 is 1.63. The number of amides is 1. The molecule has 1 atom stereocenters. The van der Waals surface area contributed by atoms with Crippen molar-refractivity contribution < 1.29 is 14.3 Å². The Morgan fingerprint density at radius 2 is 2.39 bits per heavy atom. The normalized spacial score (nSPS) is 22.8. The molecule has 1 saturated heterocycles. The van der Waals surface area contributed by atoms with Gasteiger partial charge in [-0.15, -0.1) is 11.3 Å². The Morgan fingerprint density at radius 3 is 3.17 bits per heavy atom. The van der Waals surface area contributed by atoms with Gasteiger partial charge in [0, 0.05) is 11.4 Å². The fraction of sp³-hybridized carbons (Fsp3) is 0.615. The van der Waals surface area contributed by atoms with Crippen LogP contribution >= 0.6 is 11.3 Å². The Kier molecular flexibility index (Phi) is 3.63. The minimum absolute atomic E-state index is 0.00508. The van der Waals surface area contributed by atoms with Gasteiger partial charge in [0.25, 0.3) is 5.91 Å². The molecule has 1 unspecified atom stereocenters. The van der Waals surface area contributed by atoms with Crippen molar-refractivity contribution in [2.45, 2.75) is 25.4 Å². The second kappa shape index (κ2) is 5.38. The lowest BCUT2D eigenvalue weighted by molar-refractivity contribution is -0.0855. The molecule has 4 nitrogen and oxygen atoms in total. The molecule has 0 aromatic carbocycles. The lowest BCUT2D eigenvalue weighted by Gasteiger charge is -2.22. The van der Waals surface area contributed by atoms with Crippen LogP contribution in [0.4, 0.5) is 0 Å². The predicted molar refractivity (Wildman–Crippen MR) is 69.2 cm³/mol. The SMILES string of the molecule is O=C(NCC1COCCO1)c1cc2c(s1)CCC2. The third kappa shape index (κ3) is 2.58. The Bertz CT molecular complexity index is 416. The van der Waals surface area contributed by atoms with Crippen LogP contribution in [0.3, 0.4) is 0 Å². The Labute approximate surface area is 110 Å². The van der Waals surface area contributed by atoms with Crippen molar-refractivity contribution in [3.63, 3.8) is 0 Å². The number of thiophene rings is 1. The Morgan fingerprint density at radius 1 is 1.44 bits per heavy atom. The lowest BCUT2D eigenvalue weighted by atomic mass is 10.2. The molecule has 1 aliphatic carbocycles.